The number of hydrogen-bond donors (Lipinski definition) is 1. The van der Waals surface area contributed by atoms with Crippen LogP contribution in [0.25, 0.3) is 11.4 Å². The minimum absolute atomic E-state index is 0.317. The van der Waals surface area contributed by atoms with Gasteiger partial charge in [-0.15, -0.1) is 0 Å². The Morgan fingerprint density at radius 2 is 1.69 bits per heavy atom. The minimum atomic E-state index is -0.317. The zero-order chi connectivity index (χ0) is 20.4. The Balaban J connectivity index is 1.72. The Morgan fingerprint density at radius 1 is 0.897 bits per heavy atom. The van der Waals surface area contributed by atoms with E-state index in [-0.39, 0.29) is 6.04 Å². The minimum Gasteiger partial charge on any atom is -0.370 e. The van der Waals surface area contributed by atoms with Gasteiger partial charge < -0.3 is 9.84 Å². The molecule has 5 heteroatoms. The molecule has 0 bridgehead atoms. The van der Waals surface area contributed by atoms with Gasteiger partial charge in [0.1, 0.15) is 6.04 Å². The maximum Gasteiger partial charge on any atom is 0.254 e. The van der Waals surface area contributed by atoms with Crippen LogP contribution in [0, 0.1) is 20.8 Å². The topological polar surface area (TPSA) is 51.0 Å². The highest BCUT2D eigenvalue weighted by molar-refractivity contribution is 6.30. The van der Waals surface area contributed by atoms with Crippen LogP contribution in [0.3, 0.4) is 0 Å². The third kappa shape index (κ3) is 4.33. The molecule has 0 spiro atoms. The summed E-state index contributed by atoms with van der Waals surface area (Å²) in [7, 11) is 0. The first kappa shape index (κ1) is 19.2. The second-order valence-corrected chi connectivity index (χ2v) is 7.69. The molecule has 29 heavy (non-hydrogen) atoms. The summed E-state index contributed by atoms with van der Waals surface area (Å²) in [6, 6.07) is 21.7. The van der Waals surface area contributed by atoms with Gasteiger partial charge in [-0.3, -0.25) is 0 Å². The van der Waals surface area contributed by atoms with Crippen molar-refractivity contribution in [1.29, 1.82) is 0 Å². The summed E-state index contributed by atoms with van der Waals surface area (Å²) in [5.41, 5.74) is 6.50. The number of hydrogen-bond acceptors (Lipinski definition) is 4. The van der Waals surface area contributed by atoms with Gasteiger partial charge in [-0.2, -0.15) is 4.98 Å². The first-order chi connectivity index (χ1) is 14.0. The Kier molecular flexibility index (Phi) is 5.36. The largest absolute Gasteiger partial charge is 0.370 e. The van der Waals surface area contributed by atoms with Gasteiger partial charge in [-0.05, 0) is 61.7 Å². The highest BCUT2D eigenvalue weighted by Crippen LogP contribution is 2.29. The predicted molar refractivity (Wildman–Crippen MR) is 117 cm³/mol. The molecule has 4 nitrogen and oxygen atoms in total. The molecule has 1 aromatic heterocycles. The second-order valence-electron chi connectivity index (χ2n) is 7.25. The molecular formula is C24H22ClN3O. The van der Waals surface area contributed by atoms with E-state index in [9.17, 15) is 0 Å². The Bertz CT molecular complexity index is 1140. The maximum atomic E-state index is 6.25. The first-order valence-corrected chi connectivity index (χ1v) is 9.87. The predicted octanol–water partition coefficient (Wildman–Crippen LogP) is 6.52. The van der Waals surface area contributed by atoms with Crippen LogP contribution in [0.15, 0.2) is 71.3 Å². The average molecular weight is 404 g/mol. The lowest BCUT2D eigenvalue weighted by Crippen LogP contribution is -2.13. The van der Waals surface area contributed by atoms with Crippen molar-refractivity contribution in [2.24, 2.45) is 0 Å². The molecule has 0 aliphatic rings. The average Bonchev–Trinajstić information content (AvgIpc) is 3.19. The van der Waals surface area contributed by atoms with Gasteiger partial charge in [0.05, 0.1) is 0 Å². The van der Waals surface area contributed by atoms with E-state index >= 15 is 0 Å². The molecule has 4 aromatic rings. The quantitative estimate of drug-likeness (QED) is 0.412. The fraction of sp³-hybridized carbons (Fsp3) is 0.167. The molecule has 146 valence electrons. The van der Waals surface area contributed by atoms with Gasteiger partial charge in [0.15, 0.2) is 0 Å². The molecule has 0 aliphatic heterocycles. The number of aromatic nitrogens is 2. The summed E-state index contributed by atoms with van der Waals surface area (Å²) in [4.78, 5) is 4.67. The van der Waals surface area contributed by atoms with Gasteiger partial charge >= 0.3 is 0 Å². The summed E-state index contributed by atoms with van der Waals surface area (Å²) >= 11 is 6.25. The molecule has 1 N–H and O–H groups in total. The zero-order valence-electron chi connectivity index (χ0n) is 16.6. The lowest BCUT2D eigenvalue weighted by atomic mass is 10.0. The van der Waals surface area contributed by atoms with E-state index in [2.05, 4.69) is 47.5 Å². The van der Waals surface area contributed by atoms with Crippen LogP contribution in [-0.2, 0) is 0 Å². The van der Waals surface area contributed by atoms with Crippen LogP contribution in [0.2, 0.25) is 5.02 Å². The van der Waals surface area contributed by atoms with Gasteiger partial charge in [-0.1, -0.05) is 64.8 Å². The molecular weight excluding hydrogens is 382 g/mol. The van der Waals surface area contributed by atoms with Crippen LogP contribution >= 0.6 is 11.6 Å². The standard InChI is InChI=1S/C24H22ClN3O/c1-15-7-10-18(11-8-15)23-27-24(29-28-23)22(19-5-4-6-20(25)14-19)26-21-12-9-16(2)17(3)13-21/h4-14,22,26H,1-3H3. The number of nitrogens with one attached hydrogen (secondary N) is 1. The molecule has 1 heterocycles. The van der Waals surface area contributed by atoms with Gasteiger partial charge in [0.25, 0.3) is 5.89 Å². The van der Waals surface area contributed by atoms with Crippen molar-refractivity contribution in [3.63, 3.8) is 0 Å². The van der Waals surface area contributed by atoms with E-state index in [1.54, 1.807) is 0 Å². The molecule has 1 unspecified atom stereocenters. The maximum absolute atomic E-state index is 6.25. The number of rotatable bonds is 5. The summed E-state index contributed by atoms with van der Waals surface area (Å²) in [5, 5.41) is 8.38. The molecule has 3 aromatic carbocycles. The summed E-state index contributed by atoms with van der Waals surface area (Å²) in [5.74, 6) is 1.05. The van der Waals surface area contributed by atoms with Crippen molar-refractivity contribution in [2.75, 3.05) is 5.32 Å². The smallest absolute Gasteiger partial charge is 0.254 e. The van der Waals surface area contributed by atoms with Gasteiger partial charge in [0, 0.05) is 16.3 Å². The van der Waals surface area contributed by atoms with Crippen LogP contribution in [0.5, 0.6) is 0 Å². The number of nitrogens with zero attached hydrogens (tertiary/aromatic N) is 2. The molecule has 1 atom stereocenters. The third-order valence-corrected chi connectivity index (χ3v) is 5.23. The molecule has 0 amide bonds. The first-order valence-electron chi connectivity index (χ1n) is 9.49. The van der Waals surface area contributed by atoms with E-state index in [1.165, 1.54) is 16.7 Å². The van der Waals surface area contributed by atoms with Gasteiger partial charge in [0.2, 0.25) is 5.82 Å². The van der Waals surface area contributed by atoms with Crippen molar-refractivity contribution in [1.82, 2.24) is 10.1 Å². The fourth-order valence-electron chi connectivity index (χ4n) is 3.14. The molecule has 0 fully saturated rings. The number of benzene rings is 3. The Labute approximate surface area is 175 Å². The van der Waals surface area contributed by atoms with Crippen LogP contribution in [-0.4, -0.2) is 10.1 Å². The SMILES string of the molecule is Cc1ccc(-c2noc(C(Nc3ccc(C)c(C)c3)c3cccc(Cl)c3)n2)cc1. The Morgan fingerprint density at radius 3 is 2.41 bits per heavy atom. The van der Waals surface area contributed by atoms with Crippen LogP contribution in [0.1, 0.15) is 34.2 Å². The van der Waals surface area contributed by atoms with E-state index in [0.29, 0.717) is 16.7 Å². The van der Waals surface area contributed by atoms with Crippen molar-refractivity contribution in [3.8, 4) is 11.4 Å². The van der Waals surface area contributed by atoms with Crippen molar-refractivity contribution >= 4 is 17.3 Å². The normalized spacial score (nSPS) is 12.0. The highest BCUT2D eigenvalue weighted by Gasteiger charge is 2.22. The summed E-state index contributed by atoms with van der Waals surface area (Å²) in [6.45, 7) is 6.24. The summed E-state index contributed by atoms with van der Waals surface area (Å²) < 4.78 is 5.67. The zero-order valence-corrected chi connectivity index (χ0v) is 17.4. The summed E-state index contributed by atoms with van der Waals surface area (Å²) in [6.07, 6.45) is 0. The molecule has 4 rings (SSSR count). The molecule has 0 saturated heterocycles. The van der Waals surface area contributed by atoms with Gasteiger partial charge in [-0.25, -0.2) is 0 Å². The van der Waals surface area contributed by atoms with Crippen molar-refractivity contribution in [2.45, 2.75) is 26.8 Å². The van der Waals surface area contributed by atoms with E-state index in [4.69, 9.17) is 16.1 Å². The lowest BCUT2D eigenvalue weighted by Gasteiger charge is -2.18. The Hall–Kier alpha value is -3.11. The number of anilines is 1. The lowest BCUT2D eigenvalue weighted by molar-refractivity contribution is 0.372. The molecule has 0 saturated carbocycles. The van der Waals surface area contributed by atoms with Crippen molar-refractivity contribution in [3.05, 3.63) is 99.9 Å². The van der Waals surface area contributed by atoms with Crippen LogP contribution < -0.4 is 5.32 Å². The molecule has 0 radical (unpaired) electrons. The number of halogens is 1. The van der Waals surface area contributed by atoms with E-state index < -0.39 is 0 Å². The molecule has 0 aliphatic carbocycles. The van der Waals surface area contributed by atoms with E-state index in [1.807, 2.05) is 55.5 Å². The van der Waals surface area contributed by atoms with Crippen molar-refractivity contribution < 1.29 is 4.52 Å². The fourth-order valence-corrected chi connectivity index (χ4v) is 3.34. The highest BCUT2D eigenvalue weighted by atomic mass is 35.5. The second kappa shape index (κ2) is 8.10. The van der Waals surface area contributed by atoms with Crippen LogP contribution in [0.4, 0.5) is 5.69 Å². The monoisotopic (exact) mass is 403 g/mol. The van der Waals surface area contributed by atoms with E-state index in [0.717, 1.165) is 16.8 Å². The number of aryl methyl sites for hydroxylation is 3. The third-order valence-electron chi connectivity index (χ3n) is 5.00.